The van der Waals surface area contributed by atoms with E-state index >= 15 is 0 Å². The first-order chi connectivity index (χ1) is 8.13. The summed E-state index contributed by atoms with van der Waals surface area (Å²) in [6.07, 6.45) is 3.75. The Morgan fingerprint density at radius 1 is 1.65 bits per heavy atom. The van der Waals surface area contributed by atoms with Crippen LogP contribution in [0.4, 0.5) is 0 Å². The van der Waals surface area contributed by atoms with E-state index in [9.17, 15) is 4.79 Å². The van der Waals surface area contributed by atoms with Crippen LogP contribution in [0.2, 0.25) is 0 Å². The van der Waals surface area contributed by atoms with Crippen molar-refractivity contribution in [1.29, 1.82) is 0 Å². The average molecular weight is 243 g/mol. The summed E-state index contributed by atoms with van der Waals surface area (Å²) in [5.74, 6) is 5.60. The van der Waals surface area contributed by atoms with Gasteiger partial charge >= 0.3 is 0 Å². The molecule has 0 aromatic carbocycles. The fourth-order valence-corrected chi connectivity index (χ4v) is 2.17. The molecule has 0 bridgehead atoms. The number of rotatable bonds is 6. The minimum absolute atomic E-state index is 0.0914. The molecule has 1 aliphatic rings. The number of amides is 1. The van der Waals surface area contributed by atoms with Crippen molar-refractivity contribution in [3.63, 3.8) is 0 Å². The van der Waals surface area contributed by atoms with Crippen LogP contribution in [-0.4, -0.2) is 43.7 Å². The van der Waals surface area contributed by atoms with Crippen molar-refractivity contribution in [3.05, 3.63) is 0 Å². The summed E-state index contributed by atoms with van der Waals surface area (Å²) < 4.78 is 5.47. The van der Waals surface area contributed by atoms with Gasteiger partial charge in [-0.05, 0) is 39.2 Å². The molecular formula is C12H25N3O2. The van der Waals surface area contributed by atoms with E-state index in [4.69, 9.17) is 10.6 Å². The van der Waals surface area contributed by atoms with E-state index in [1.54, 1.807) is 0 Å². The van der Waals surface area contributed by atoms with Crippen molar-refractivity contribution in [2.24, 2.45) is 11.8 Å². The third kappa shape index (κ3) is 5.48. The fourth-order valence-electron chi connectivity index (χ4n) is 2.17. The standard InChI is InChI=1S/C12H25N3O2/c1-10(5-6-12(16)14-13)15(2)8-11-4-3-7-17-9-11/h10-11H,3-9,13H2,1-2H3,(H,14,16). The van der Waals surface area contributed by atoms with Crippen LogP contribution in [0.25, 0.3) is 0 Å². The summed E-state index contributed by atoms with van der Waals surface area (Å²) in [7, 11) is 2.11. The molecule has 1 fully saturated rings. The molecule has 17 heavy (non-hydrogen) atoms. The molecule has 0 aliphatic carbocycles. The van der Waals surface area contributed by atoms with Crippen LogP contribution in [0.3, 0.4) is 0 Å². The molecule has 1 aliphatic heterocycles. The molecule has 3 N–H and O–H groups in total. The molecule has 0 saturated carbocycles. The van der Waals surface area contributed by atoms with Crippen LogP contribution in [0.1, 0.15) is 32.6 Å². The molecule has 100 valence electrons. The van der Waals surface area contributed by atoms with Crippen LogP contribution >= 0.6 is 0 Å². The van der Waals surface area contributed by atoms with Crippen LogP contribution < -0.4 is 11.3 Å². The molecule has 2 unspecified atom stereocenters. The Bertz CT molecular complexity index is 230. The first-order valence-corrected chi connectivity index (χ1v) is 6.41. The summed E-state index contributed by atoms with van der Waals surface area (Å²) in [6, 6.07) is 0.397. The van der Waals surface area contributed by atoms with Gasteiger partial charge in [0.05, 0.1) is 6.61 Å². The van der Waals surface area contributed by atoms with Crippen molar-refractivity contribution >= 4 is 5.91 Å². The van der Waals surface area contributed by atoms with Gasteiger partial charge in [0.15, 0.2) is 0 Å². The third-order valence-corrected chi connectivity index (χ3v) is 3.50. The van der Waals surface area contributed by atoms with Crippen molar-refractivity contribution in [2.45, 2.75) is 38.6 Å². The fraction of sp³-hybridized carbons (Fsp3) is 0.917. The quantitative estimate of drug-likeness (QED) is 0.405. The number of carbonyl (C=O) groups excluding carboxylic acids is 1. The normalized spacial score (nSPS) is 22.5. The van der Waals surface area contributed by atoms with Crippen LogP contribution in [0.5, 0.6) is 0 Å². The summed E-state index contributed by atoms with van der Waals surface area (Å²) >= 11 is 0. The summed E-state index contributed by atoms with van der Waals surface area (Å²) in [5.41, 5.74) is 2.16. The number of hydrogen-bond acceptors (Lipinski definition) is 4. The number of ether oxygens (including phenoxy) is 1. The van der Waals surface area contributed by atoms with Crippen molar-refractivity contribution in [3.8, 4) is 0 Å². The Kier molecular flexibility index (Phi) is 6.47. The lowest BCUT2D eigenvalue weighted by Crippen LogP contribution is -2.37. The minimum Gasteiger partial charge on any atom is -0.381 e. The summed E-state index contributed by atoms with van der Waals surface area (Å²) in [4.78, 5) is 13.4. The Labute approximate surface area is 104 Å². The lowest BCUT2D eigenvalue weighted by Gasteiger charge is -2.30. The smallest absolute Gasteiger partial charge is 0.233 e. The van der Waals surface area contributed by atoms with E-state index in [-0.39, 0.29) is 5.91 Å². The Morgan fingerprint density at radius 3 is 3.00 bits per heavy atom. The zero-order valence-electron chi connectivity index (χ0n) is 10.9. The first-order valence-electron chi connectivity index (χ1n) is 6.41. The molecule has 5 heteroatoms. The molecular weight excluding hydrogens is 218 g/mol. The second-order valence-electron chi connectivity index (χ2n) is 4.98. The molecule has 0 aromatic heterocycles. The van der Waals surface area contributed by atoms with Gasteiger partial charge in [-0.3, -0.25) is 10.2 Å². The molecule has 0 spiro atoms. The second kappa shape index (κ2) is 7.63. The summed E-state index contributed by atoms with van der Waals surface area (Å²) in [5, 5.41) is 0. The number of nitrogens with zero attached hydrogens (tertiary/aromatic N) is 1. The average Bonchev–Trinajstić information content (AvgIpc) is 2.36. The maximum atomic E-state index is 11.1. The maximum Gasteiger partial charge on any atom is 0.233 e. The Hall–Kier alpha value is -0.650. The van der Waals surface area contributed by atoms with Crippen LogP contribution in [0.15, 0.2) is 0 Å². The van der Waals surface area contributed by atoms with Gasteiger partial charge in [0.25, 0.3) is 0 Å². The zero-order chi connectivity index (χ0) is 12.7. The van der Waals surface area contributed by atoms with Gasteiger partial charge in [-0.1, -0.05) is 0 Å². The highest BCUT2D eigenvalue weighted by Crippen LogP contribution is 2.16. The highest BCUT2D eigenvalue weighted by Gasteiger charge is 2.18. The monoisotopic (exact) mass is 243 g/mol. The van der Waals surface area contributed by atoms with E-state index in [2.05, 4.69) is 24.3 Å². The van der Waals surface area contributed by atoms with Gasteiger partial charge in [0.1, 0.15) is 0 Å². The SMILES string of the molecule is CC(CCC(=O)NN)N(C)CC1CCCOC1. The highest BCUT2D eigenvalue weighted by molar-refractivity contribution is 5.75. The Morgan fingerprint density at radius 2 is 2.41 bits per heavy atom. The van der Waals surface area contributed by atoms with Crippen LogP contribution in [-0.2, 0) is 9.53 Å². The van der Waals surface area contributed by atoms with E-state index in [1.807, 2.05) is 0 Å². The van der Waals surface area contributed by atoms with Gasteiger partial charge in [0, 0.05) is 25.6 Å². The maximum absolute atomic E-state index is 11.1. The molecule has 1 amide bonds. The minimum atomic E-state index is -0.0914. The molecule has 0 radical (unpaired) electrons. The summed E-state index contributed by atoms with van der Waals surface area (Å²) in [6.45, 7) is 4.98. The van der Waals surface area contributed by atoms with Gasteiger partial charge < -0.3 is 9.64 Å². The first kappa shape index (κ1) is 14.4. The number of hydrogen-bond donors (Lipinski definition) is 2. The molecule has 1 heterocycles. The van der Waals surface area contributed by atoms with Crippen molar-refractivity contribution in [1.82, 2.24) is 10.3 Å². The van der Waals surface area contributed by atoms with E-state index in [0.29, 0.717) is 18.4 Å². The number of nitrogens with one attached hydrogen (secondary N) is 1. The lowest BCUT2D eigenvalue weighted by atomic mass is 10.0. The molecule has 5 nitrogen and oxygen atoms in total. The predicted octanol–water partition coefficient (Wildman–Crippen LogP) is 0.503. The largest absolute Gasteiger partial charge is 0.381 e. The van der Waals surface area contributed by atoms with Gasteiger partial charge in [0.2, 0.25) is 5.91 Å². The molecule has 1 saturated heterocycles. The topological polar surface area (TPSA) is 67.6 Å². The highest BCUT2D eigenvalue weighted by atomic mass is 16.5. The van der Waals surface area contributed by atoms with Gasteiger partial charge in [-0.25, -0.2) is 5.84 Å². The van der Waals surface area contributed by atoms with Gasteiger partial charge in [-0.2, -0.15) is 0 Å². The lowest BCUT2D eigenvalue weighted by molar-refractivity contribution is -0.121. The Balaban J connectivity index is 2.20. The zero-order valence-corrected chi connectivity index (χ0v) is 10.9. The van der Waals surface area contributed by atoms with E-state index in [1.165, 1.54) is 12.8 Å². The molecule has 2 atom stereocenters. The van der Waals surface area contributed by atoms with Crippen molar-refractivity contribution < 1.29 is 9.53 Å². The van der Waals surface area contributed by atoms with Crippen LogP contribution in [0, 0.1) is 5.92 Å². The predicted molar refractivity (Wildman–Crippen MR) is 67.2 cm³/mol. The van der Waals surface area contributed by atoms with E-state index < -0.39 is 0 Å². The number of hydrazine groups is 1. The number of nitrogens with two attached hydrogens (primary N) is 1. The third-order valence-electron chi connectivity index (χ3n) is 3.50. The van der Waals surface area contributed by atoms with E-state index in [0.717, 1.165) is 26.2 Å². The van der Waals surface area contributed by atoms with Gasteiger partial charge in [-0.15, -0.1) is 0 Å². The molecule has 0 aromatic rings. The number of carbonyl (C=O) groups is 1. The molecule has 1 rings (SSSR count). The van der Waals surface area contributed by atoms with Crippen molar-refractivity contribution in [2.75, 3.05) is 26.8 Å². The second-order valence-corrected chi connectivity index (χ2v) is 4.98.